The highest BCUT2D eigenvalue weighted by Crippen LogP contribution is 2.20. The zero-order valence-corrected chi connectivity index (χ0v) is 9.91. The third-order valence-corrected chi connectivity index (χ3v) is 3.41. The van der Waals surface area contributed by atoms with Crippen LogP contribution in [-0.2, 0) is 14.3 Å². The van der Waals surface area contributed by atoms with Crippen molar-refractivity contribution in [2.45, 2.75) is 24.8 Å². The average molecular weight is 241 g/mol. The minimum Gasteiger partial charge on any atom is -0.381 e. The molecule has 0 aromatic heterocycles. The van der Waals surface area contributed by atoms with Gasteiger partial charge in [0, 0.05) is 39.3 Å². The highest BCUT2D eigenvalue weighted by atomic mass is 16.5. The molecule has 2 saturated heterocycles. The van der Waals surface area contributed by atoms with E-state index in [1.54, 1.807) is 4.90 Å². The summed E-state index contributed by atoms with van der Waals surface area (Å²) in [6, 6.07) is 0. The van der Waals surface area contributed by atoms with Crippen LogP contribution < -0.4 is 11.1 Å². The van der Waals surface area contributed by atoms with E-state index in [4.69, 9.17) is 10.5 Å². The molecule has 0 unspecified atom stereocenters. The van der Waals surface area contributed by atoms with Crippen LogP contribution in [0.4, 0.5) is 0 Å². The van der Waals surface area contributed by atoms with Crippen LogP contribution >= 0.6 is 0 Å². The molecule has 0 spiro atoms. The zero-order valence-electron chi connectivity index (χ0n) is 9.91. The molecule has 2 aliphatic heterocycles. The van der Waals surface area contributed by atoms with Crippen LogP contribution in [0.1, 0.15) is 19.3 Å². The molecule has 2 amide bonds. The van der Waals surface area contributed by atoms with E-state index in [1.165, 1.54) is 0 Å². The van der Waals surface area contributed by atoms with Crippen molar-refractivity contribution < 1.29 is 14.3 Å². The SMILES string of the molecule is NC1(C(=O)N2CCNC(=O)CC2)CCOCC1. The second-order valence-electron chi connectivity index (χ2n) is 4.66. The summed E-state index contributed by atoms with van der Waals surface area (Å²) in [5.74, 6) is -0.0457. The number of hydrogen-bond acceptors (Lipinski definition) is 4. The molecular formula is C11H19N3O3. The van der Waals surface area contributed by atoms with Gasteiger partial charge in [0.2, 0.25) is 11.8 Å². The summed E-state index contributed by atoms with van der Waals surface area (Å²) in [4.78, 5) is 25.2. The number of amides is 2. The molecule has 0 bridgehead atoms. The van der Waals surface area contributed by atoms with E-state index in [-0.39, 0.29) is 11.8 Å². The van der Waals surface area contributed by atoms with Gasteiger partial charge in [0.05, 0.1) is 5.54 Å². The third-order valence-electron chi connectivity index (χ3n) is 3.41. The third kappa shape index (κ3) is 2.76. The summed E-state index contributed by atoms with van der Waals surface area (Å²) in [5, 5.41) is 2.75. The van der Waals surface area contributed by atoms with Crippen molar-refractivity contribution in [2.24, 2.45) is 5.73 Å². The van der Waals surface area contributed by atoms with Crippen LogP contribution in [0, 0.1) is 0 Å². The van der Waals surface area contributed by atoms with Crippen LogP contribution in [0.2, 0.25) is 0 Å². The molecule has 0 atom stereocenters. The lowest BCUT2D eigenvalue weighted by atomic mass is 9.89. The maximum atomic E-state index is 12.3. The van der Waals surface area contributed by atoms with Crippen LogP contribution in [0.5, 0.6) is 0 Å². The van der Waals surface area contributed by atoms with E-state index in [0.29, 0.717) is 52.1 Å². The predicted octanol–water partition coefficient (Wildman–Crippen LogP) is -1.16. The van der Waals surface area contributed by atoms with Gasteiger partial charge in [-0.3, -0.25) is 9.59 Å². The first-order chi connectivity index (χ1) is 8.12. The van der Waals surface area contributed by atoms with Gasteiger partial charge in [-0.15, -0.1) is 0 Å². The highest BCUT2D eigenvalue weighted by Gasteiger charge is 2.39. The second kappa shape index (κ2) is 5.01. The second-order valence-corrected chi connectivity index (χ2v) is 4.66. The first-order valence-electron chi connectivity index (χ1n) is 6.04. The normalized spacial score (nSPS) is 25.0. The fourth-order valence-corrected chi connectivity index (χ4v) is 2.23. The van der Waals surface area contributed by atoms with Gasteiger partial charge >= 0.3 is 0 Å². The minimum atomic E-state index is -0.800. The molecule has 2 rings (SSSR count). The quantitative estimate of drug-likeness (QED) is 0.606. The number of nitrogens with zero attached hydrogens (tertiary/aromatic N) is 1. The van der Waals surface area contributed by atoms with Crippen molar-refractivity contribution in [1.29, 1.82) is 0 Å². The Morgan fingerprint density at radius 2 is 2.06 bits per heavy atom. The van der Waals surface area contributed by atoms with Gasteiger partial charge in [-0.25, -0.2) is 0 Å². The van der Waals surface area contributed by atoms with Crippen molar-refractivity contribution in [3.63, 3.8) is 0 Å². The molecular weight excluding hydrogens is 222 g/mol. The molecule has 6 nitrogen and oxygen atoms in total. The Morgan fingerprint density at radius 1 is 1.35 bits per heavy atom. The van der Waals surface area contributed by atoms with Crippen LogP contribution in [0.25, 0.3) is 0 Å². The van der Waals surface area contributed by atoms with Gasteiger partial charge in [0.1, 0.15) is 0 Å². The number of nitrogens with one attached hydrogen (secondary N) is 1. The molecule has 96 valence electrons. The number of carbonyl (C=O) groups is 2. The number of ether oxygens (including phenoxy) is 1. The Bertz CT molecular complexity index is 313. The maximum absolute atomic E-state index is 12.3. The van der Waals surface area contributed by atoms with Crippen molar-refractivity contribution >= 4 is 11.8 Å². The van der Waals surface area contributed by atoms with Gasteiger partial charge in [-0.1, -0.05) is 0 Å². The fraction of sp³-hybridized carbons (Fsp3) is 0.818. The maximum Gasteiger partial charge on any atom is 0.242 e. The lowest BCUT2D eigenvalue weighted by molar-refractivity contribution is -0.140. The van der Waals surface area contributed by atoms with E-state index < -0.39 is 5.54 Å². The predicted molar refractivity (Wildman–Crippen MR) is 61.2 cm³/mol. The number of rotatable bonds is 1. The van der Waals surface area contributed by atoms with Crippen LogP contribution in [0.3, 0.4) is 0 Å². The lowest BCUT2D eigenvalue weighted by Gasteiger charge is -2.36. The van der Waals surface area contributed by atoms with Crippen LogP contribution in [0.15, 0.2) is 0 Å². The van der Waals surface area contributed by atoms with Crippen molar-refractivity contribution in [3.05, 3.63) is 0 Å². The van der Waals surface area contributed by atoms with Gasteiger partial charge in [-0.05, 0) is 12.8 Å². The minimum absolute atomic E-state index is 0.00153. The Hall–Kier alpha value is -1.14. The molecule has 17 heavy (non-hydrogen) atoms. The van der Waals surface area contributed by atoms with E-state index >= 15 is 0 Å². The molecule has 6 heteroatoms. The first-order valence-corrected chi connectivity index (χ1v) is 6.04. The summed E-state index contributed by atoms with van der Waals surface area (Å²) in [5.41, 5.74) is 5.34. The molecule has 2 aliphatic rings. The zero-order chi connectivity index (χ0) is 12.3. The number of carbonyl (C=O) groups excluding carboxylic acids is 2. The molecule has 0 radical (unpaired) electrons. The van der Waals surface area contributed by atoms with E-state index in [9.17, 15) is 9.59 Å². The van der Waals surface area contributed by atoms with Gasteiger partial charge < -0.3 is 20.7 Å². The smallest absolute Gasteiger partial charge is 0.242 e. The summed E-state index contributed by atoms with van der Waals surface area (Å²) in [7, 11) is 0. The lowest BCUT2D eigenvalue weighted by Crippen LogP contribution is -2.58. The summed E-state index contributed by atoms with van der Waals surface area (Å²) < 4.78 is 5.23. The molecule has 0 aromatic rings. The number of hydrogen-bond donors (Lipinski definition) is 2. The Morgan fingerprint density at radius 3 is 2.76 bits per heavy atom. The van der Waals surface area contributed by atoms with E-state index in [0.717, 1.165) is 0 Å². The topological polar surface area (TPSA) is 84.7 Å². The van der Waals surface area contributed by atoms with Crippen molar-refractivity contribution in [3.8, 4) is 0 Å². The molecule has 2 fully saturated rings. The highest BCUT2D eigenvalue weighted by molar-refractivity contribution is 5.87. The van der Waals surface area contributed by atoms with Gasteiger partial charge in [-0.2, -0.15) is 0 Å². The summed E-state index contributed by atoms with van der Waals surface area (Å²) in [6.07, 6.45) is 1.48. The number of nitrogens with two attached hydrogens (primary N) is 1. The van der Waals surface area contributed by atoms with Crippen molar-refractivity contribution in [2.75, 3.05) is 32.8 Å². The molecule has 0 aliphatic carbocycles. The van der Waals surface area contributed by atoms with Crippen LogP contribution in [-0.4, -0.2) is 55.1 Å². The molecule has 2 heterocycles. The summed E-state index contributed by atoms with van der Waals surface area (Å²) in [6.45, 7) is 2.59. The van der Waals surface area contributed by atoms with Gasteiger partial charge in [0.25, 0.3) is 0 Å². The molecule has 3 N–H and O–H groups in total. The van der Waals surface area contributed by atoms with Crippen molar-refractivity contribution in [1.82, 2.24) is 10.2 Å². The Kier molecular flexibility index (Phi) is 3.63. The van der Waals surface area contributed by atoms with E-state index in [2.05, 4.69) is 5.32 Å². The van der Waals surface area contributed by atoms with E-state index in [1.807, 2.05) is 0 Å². The first kappa shape index (κ1) is 12.3. The molecule has 0 saturated carbocycles. The Balaban J connectivity index is 2.00. The largest absolute Gasteiger partial charge is 0.381 e. The molecule has 0 aromatic carbocycles. The van der Waals surface area contributed by atoms with Gasteiger partial charge in [0.15, 0.2) is 0 Å². The monoisotopic (exact) mass is 241 g/mol. The average Bonchev–Trinajstić information content (AvgIpc) is 2.54. The fourth-order valence-electron chi connectivity index (χ4n) is 2.23. The summed E-state index contributed by atoms with van der Waals surface area (Å²) >= 11 is 0. The Labute approximate surface area is 100 Å². The standard InChI is InChI=1S/C11H19N3O3/c12-11(2-7-17-8-3-11)10(16)14-5-1-9(15)13-4-6-14/h1-8,12H2,(H,13,15).